The molecule has 0 aromatic carbocycles. The topological polar surface area (TPSA) is 122 Å². The lowest BCUT2D eigenvalue weighted by atomic mass is 9.88. The number of carboxylic acid groups (broad SMARTS) is 1. The van der Waals surface area contributed by atoms with Crippen molar-refractivity contribution >= 4 is 17.8 Å². The SMILES string of the molecule is CCC(C)C(CC(=O)O)C(=O)NC(CN)C(=O)NC. The van der Waals surface area contributed by atoms with Crippen molar-refractivity contribution in [3.8, 4) is 0 Å². The van der Waals surface area contributed by atoms with Gasteiger partial charge in [0.1, 0.15) is 6.04 Å². The molecule has 0 saturated carbocycles. The number of carbonyl (C=O) groups excluding carboxylic acids is 2. The van der Waals surface area contributed by atoms with Crippen LogP contribution in [0.5, 0.6) is 0 Å². The predicted octanol–water partition coefficient (Wildman–Crippen LogP) is -0.687. The number of hydrogen-bond donors (Lipinski definition) is 4. The fourth-order valence-electron chi connectivity index (χ4n) is 1.71. The summed E-state index contributed by atoms with van der Waals surface area (Å²) in [4.78, 5) is 34.3. The highest BCUT2D eigenvalue weighted by atomic mass is 16.4. The summed E-state index contributed by atoms with van der Waals surface area (Å²) < 4.78 is 0. The van der Waals surface area contributed by atoms with Crippen LogP contribution in [-0.2, 0) is 14.4 Å². The molecule has 0 rings (SSSR count). The summed E-state index contributed by atoms with van der Waals surface area (Å²) in [5.41, 5.74) is 5.42. The first-order valence-electron chi connectivity index (χ1n) is 6.31. The van der Waals surface area contributed by atoms with Crippen LogP contribution in [0.15, 0.2) is 0 Å². The van der Waals surface area contributed by atoms with Crippen LogP contribution in [0, 0.1) is 11.8 Å². The number of likely N-dealkylation sites (N-methyl/N-ethyl adjacent to an activating group) is 1. The first kappa shape index (κ1) is 17.4. The minimum atomic E-state index is -1.04. The van der Waals surface area contributed by atoms with Crippen LogP contribution in [0.3, 0.4) is 0 Å². The van der Waals surface area contributed by atoms with Gasteiger partial charge in [-0.2, -0.15) is 0 Å². The summed E-state index contributed by atoms with van der Waals surface area (Å²) in [5.74, 6) is -2.63. The number of carboxylic acids is 1. The lowest BCUT2D eigenvalue weighted by Crippen LogP contribution is -2.52. The Balaban J connectivity index is 4.79. The minimum absolute atomic E-state index is 0.0360. The second-order valence-electron chi connectivity index (χ2n) is 4.50. The third-order valence-electron chi connectivity index (χ3n) is 3.18. The van der Waals surface area contributed by atoms with Gasteiger partial charge in [0.15, 0.2) is 0 Å². The maximum atomic E-state index is 12.1. The molecule has 0 saturated heterocycles. The molecular formula is C12H23N3O4. The Labute approximate surface area is 112 Å². The van der Waals surface area contributed by atoms with E-state index in [0.717, 1.165) is 0 Å². The largest absolute Gasteiger partial charge is 0.481 e. The molecule has 7 nitrogen and oxygen atoms in total. The van der Waals surface area contributed by atoms with Gasteiger partial charge in [0.25, 0.3) is 0 Å². The van der Waals surface area contributed by atoms with Crippen molar-refractivity contribution in [2.45, 2.75) is 32.7 Å². The van der Waals surface area contributed by atoms with Crippen molar-refractivity contribution in [1.29, 1.82) is 0 Å². The van der Waals surface area contributed by atoms with Crippen molar-refractivity contribution in [3.63, 3.8) is 0 Å². The monoisotopic (exact) mass is 273 g/mol. The molecule has 0 aromatic rings. The first-order valence-corrected chi connectivity index (χ1v) is 6.31. The van der Waals surface area contributed by atoms with E-state index in [1.807, 2.05) is 13.8 Å². The standard InChI is InChI=1S/C12H23N3O4/c1-4-7(2)8(5-10(16)17)11(18)15-9(6-13)12(19)14-3/h7-9H,4-6,13H2,1-3H3,(H,14,19)(H,15,18)(H,16,17). The molecule has 3 unspecified atom stereocenters. The van der Waals surface area contributed by atoms with E-state index in [9.17, 15) is 14.4 Å². The van der Waals surface area contributed by atoms with Gasteiger partial charge in [0.2, 0.25) is 11.8 Å². The molecule has 5 N–H and O–H groups in total. The molecule has 0 fully saturated rings. The van der Waals surface area contributed by atoms with Gasteiger partial charge in [0, 0.05) is 13.6 Å². The van der Waals surface area contributed by atoms with Gasteiger partial charge in [-0.25, -0.2) is 0 Å². The zero-order valence-electron chi connectivity index (χ0n) is 11.6. The highest BCUT2D eigenvalue weighted by molar-refractivity contribution is 5.90. The molecule has 0 aliphatic carbocycles. The number of hydrogen-bond acceptors (Lipinski definition) is 4. The van der Waals surface area contributed by atoms with Gasteiger partial charge in [-0.05, 0) is 5.92 Å². The van der Waals surface area contributed by atoms with Crippen molar-refractivity contribution < 1.29 is 19.5 Å². The molecule has 0 heterocycles. The van der Waals surface area contributed by atoms with Gasteiger partial charge in [-0.15, -0.1) is 0 Å². The number of rotatable bonds is 8. The number of carbonyl (C=O) groups is 3. The molecule has 0 radical (unpaired) electrons. The van der Waals surface area contributed by atoms with Crippen molar-refractivity contribution in [2.75, 3.05) is 13.6 Å². The number of nitrogens with one attached hydrogen (secondary N) is 2. The predicted molar refractivity (Wildman–Crippen MR) is 70.2 cm³/mol. The van der Waals surface area contributed by atoms with Gasteiger partial charge < -0.3 is 21.5 Å². The van der Waals surface area contributed by atoms with E-state index >= 15 is 0 Å². The summed E-state index contributed by atoms with van der Waals surface area (Å²) in [5, 5.41) is 13.7. The van der Waals surface area contributed by atoms with Crippen molar-refractivity contribution in [2.24, 2.45) is 17.6 Å². The summed E-state index contributed by atoms with van der Waals surface area (Å²) in [6.45, 7) is 3.65. The molecule has 0 spiro atoms. The Hall–Kier alpha value is -1.63. The minimum Gasteiger partial charge on any atom is -0.481 e. The Morgan fingerprint density at radius 2 is 1.84 bits per heavy atom. The highest BCUT2D eigenvalue weighted by Gasteiger charge is 2.29. The van der Waals surface area contributed by atoms with Crippen molar-refractivity contribution in [1.82, 2.24) is 10.6 Å². The fraction of sp³-hybridized carbons (Fsp3) is 0.750. The summed E-state index contributed by atoms with van der Waals surface area (Å²) >= 11 is 0. The molecule has 2 amide bonds. The van der Waals surface area contributed by atoms with Crippen LogP contribution in [0.2, 0.25) is 0 Å². The number of amides is 2. The second kappa shape index (κ2) is 8.47. The van der Waals surface area contributed by atoms with Gasteiger partial charge in [0.05, 0.1) is 12.3 Å². The van der Waals surface area contributed by atoms with Crippen LogP contribution in [0.25, 0.3) is 0 Å². The van der Waals surface area contributed by atoms with E-state index in [4.69, 9.17) is 10.8 Å². The molecule has 19 heavy (non-hydrogen) atoms. The molecule has 110 valence electrons. The molecule has 0 aliphatic heterocycles. The number of nitrogens with two attached hydrogens (primary N) is 1. The Bertz CT molecular complexity index is 333. The molecule has 0 aromatic heterocycles. The van der Waals surface area contributed by atoms with E-state index in [1.165, 1.54) is 7.05 Å². The first-order chi connectivity index (χ1) is 8.87. The fourth-order valence-corrected chi connectivity index (χ4v) is 1.71. The normalized spacial score (nSPS) is 15.2. The number of aliphatic carboxylic acids is 1. The zero-order chi connectivity index (χ0) is 15.0. The maximum absolute atomic E-state index is 12.1. The van der Waals surface area contributed by atoms with Crippen LogP contribution in [0.4, 0.5) is 0 Å². The third-order valence-corrected chi connectivity index (χ3v) is 3.18. The van der Waals surface area contributed by atoms with Crippen LogP contribution >= 0.6 is 0 Å². The van der Waals surface area contributed by atoms with Gasteiger partial charge >= 0.3 is 5.97 Å². The third kappa shape index (κ3) is 5.69. The molecular weight excluding hydrogens is 250 g/mol. The van der Waals surface area contributed by atoms with Crippen LogP contribution < -0.4 is 16.4 Å². The lowest BCUT2D eigenvalue weighted by Gasteiger charge is -2.23. The molecule has 0 aliphatic rings. The lowest BCUT2D eigenvalue weighted by molar-refractivity contribution is -0.142. The van der Waals surface area contributed by atoms with Crippen LogP contribution in [0.1, 0.15) is 26.7 Å². The average Bonchev–Trinajstić information content (AvgIpc) is 2.39. The Morgan fingerprint density at radius 3 is 2.21 bits per heavy atom. The van der Waals surface area contributed by atoms with E-state index in [0.29, 0.717) is 6.42 Å². The molecule has 3 atom stereocenters. The smallest absolute Gasteiger partial charge is 0.304 e. The summed E-state index contributed by atoms with van der Waals surface area (Å²) in [7, 11) is 1.44. The van der Waals surface area contributed by atoms with E-state index in [2.05, 4.69) is 10.6 Å². The van der Waals surface area contributed by atoms with E-state index < -0.39 is 29.7 Å². The highest BCUT2D eigenvalue weighted by Crippen LogP contribution is 2.19. The summed E-state index contributed by atoms with van der Waals surface area (Å²) in [6, 6.07) is -0.835. The average molecular weight is 273 g/mol. The second-order valence-corrected chi connectivity index (χ2v) is 4.50. The molecule has 7 heteroatoms. The van der Waals surface area contributed by atoms with Crippen molar-refractivity contribution in [3.05, 3.63) is 0 Å². The van der Waals surface area contributed by atoms with Gasteiger partial charge in [-0.1, -0.05) is 20.3 Å². The van der Waals surface area contributed by atoms with E-state index in [1.54, 1.807) is 0 Å². The summed E-state index contributed by atoms with van der Waals surface area (Å²) in [6.07, 6.45) is 0.421. The van der Waals surface area contributed by atoms with Gasteiger partial charge in [-0.3, -0.25) is 14.4 Å². The zero-order valence-corrected chi connectivity index (χ0v) is 11.6. The van der Waals surface area contributed by atoms with E-state index in [-0.39, 0.29) is 18.9 Å². The Kier molecular flexibility index (Phi) is 7.74. The maximum Gasteiger partial charge on any atom is 0.304 e. The quantitative estimate of drug-likeness (QED) is 0.466. The van der Waals surface area contributed by atoms with Crippen LogP contribution in [-0.4, -0.2) is 42.5 Å². The molecule has 0 bridgehead atoms. The Morgan fingerprint density at radius 1 is 1.26 bits per heavy atom.